The summed E-state index contributed by atoms with van der Waals surface area (Å²) in [6.07, 6.45) is -0.961. The van der Waals surface area contributed by atoms with Crippen LogP contribution in [0.1, 0.15) is 37.5 Å². The highest BCUT2D eigenvalue weighted by atomic mass is 16.5. The van der Waals surface area contributed by atoms with Crippen molar-refractivity contribution in [1.82, 2.24) is 0 Å². The van der Waals surface area contributed by atoms with Gasteiger partial charge in [0.1, 0.15) is 12.7 Å². The molecule has 3 nitrogen and oxygen atoms in total. The van der Waals surface area contributed by atoms with E-state index in [9.17, 15) is 5.11 Å². The van der Waals surface area contributed by atoms with Crippen LogP contribution in [0, 0.1) is 5.41 Å². The summed E-state index contributed by atoms with van der Waals surface area (Å²) in [4.78, 5) is 4.85. The quantitative estimate of drug-likeness (QED) is 0.597. The first-order valence-electron chi connectivity index (χ1n) is 10.5. The molecule has 3 aromatic rings. The Morgan fingerprint density at radius 1 is 0.767 bits per heavy atom. The molecule has 1 heterocycles. The van der Waals surface area contributed by atoms with Crippen LogP contribution < -0.4 is 0 Å². The summed E-state index contributed by atoms with van der Waals surface area (Å²) in [6.45, 7) is 6.94. The molecule has 30 heavy (non-hydrogen) atoms. The molecule has 154 valence electrons. The molecule has 0 bridgehead atoms. The molecular formula is C27H29NO2. The zero-order chi connectivity index (χ0) is 21.2. The molecule has 3 heteroatoms. The Hall–Kier alpha value is -2.91. The minimum atomic E-state index is -0.961. The maximum absolute atomic E-state index is 11.9. The Kier molecular flexibility index (Phi) is 5.48. The molecule has 1 aliphatic heterocycles. The number of hydrogen-bond donors (Lipinski definition) is 1. The molecule has 0 aliphatic carbocycles. The van der Waals surface area contributed by atoms with Gasteiger partial charge in [-0.25, -0.2) is 4.99 Å². The highest BCUT2D eigenvalue weighted by molar-refractivity contribution is 5.86. The standard InChI is InChI=1S/C27H29NO2/c1-26(2,3)23-19-30-25(28-23)24(29)27(20-13-7-4-8-14-20,21-15-9-5-10-16-21)22-17-11-6-12-18-22/h4-18,23-24,29H,19H2,1-3H3/t23-,24-/m1/s1. The van der Waals surface area contributed by atoms with E-state index in [1.165, 1.54) is 0 Å². The van der Waals surface area contributed by atoms with Crippen LogP contribution in [0.4, 0.5) is 0 Å². The smallest absolute Gasteiger partial charge is 0.215 e. The number of nitrogens with zero attached hydrogens (tertiary/aromatic N) is 1. The van der Waals surface area contributed by atoms with Gasteiger partial charge in [-0.15, -0.1) is 0 Å². The van der Waals surface area contributed by atoms with E-state index in [1.807, 2.05) is 54.6 Å². The lowest BCUT2D eigenvalue weighted by atomic mass is 9.65. The van der Waals surface area contributed by atoms with E-state index in [0.29, 0.717) is 12.5 Å². The highest BCUT2D eigenvalue weighted by Gasteiger charge is 2.48. The highest BCUT2D eigenvalue weighted by Crippen LogP contribution is 2.43. The fraction of sp³-hybridized carbons (Fsp3) is 0.296. The first kappa shape index (κ1) is 20.4. The number of rotatable bonds is 5. The van der Waals surface area contributed by atoms with E-state index in [0.717, 1.165) is 16.7 Å². The van der Waals surface area contributed by atoms with E-state index in [4.69, 9.17) is 9.73 Å². The molecule has 2 atom stereocenters. The zero-order valence-corrected chi connectivity index (χ0v) is 17.8. The Morgan fingerprint density at radius 3 is 1.50 bits per heavy atom. The fourth-order valence-electron chi connectivity index (χ4n) is 4.25. The number of ether oxygens (including phenoxy) is 1. The lowest BCUT2D eigenvalue weighted by Crippen LogP contribution is -2.46. The van der Waals surface area contributed by atoms with Gasteiger partial charge in [-0.3, -0.25) is 0 Å². The molecule has 0 spiro atoms. The first-order chi connectivity index (χ1) is 14.4. The van der Waals surface area contributed by atoms with Gasteiger partial charge in [0, 0.05) is 0 Å². The minimum Gasteiger partial charge on any atom is -0.477 e. The Morgan fingerprint density at radius 2 is 1.17 bits per heavy atom. The first-order valence-corrected chi connectivity index (χ1v) is 10.5. The molecule has 0 radical (unpaired) electrons. The Labute approximate surface area is 179 Å². The largest absolute Gasteiger partial charge is 0.477 e. The summed E-state index contributed by atoms with van der Waals surface area (Å²) in [5.74, 6) is 0.409. The average molecular weight is 400 g/mol. The number of benzene rings is 3. The van der Waals surface area contributed by atoms with E-state index in [2.05, 4.69) is 57.2 Å². The van der Waals surface area contributed by atoms with Gasteiger partial charge in [0.25, 0.3) is 0 Å². The van der Waals surface area contributed by atoms with Gasteiger partial charge in [-0.2, -0.15) is 0 Å². The van der Waals surface area contributed by atoms with Crippen LogP contribution in [0.2, 0.25) is 0 Å². The molecule has 0 unspecified atom stereocenters. The molecule has 3 aromatic carbocycles. The summed E-state index contributed by atoms with van der Waals surface area (Å²) in [6, 6.07) is 30.5. The minimum absolute atomic E-state index is 0.0159. The van der Waals surface area contributed by atoms with Crippen molar-refractivity contribution >= 4 is 5.90 Å². The fourth-order valence-corrected chi connectivity index (χ4v) is 4.25. The maximum atomic E-state index is 11.9. The van der Waals surface area contributed by atoms with Crippen molar-refractivity contribution in [1.29, 1.82) is 0 Å². The maximum Gasteiger partial charge on any atom is 0.215 e. The molecule has 4 rings (SSSR count). The van der Waals surface area contributed by atoms with E-state index in [1.54, 1.807) is 0 Å². The van der Waals surface area contributed by atoms with Gasteiger partial charge >= 0.3 is 0 Å². The summed E-state index contributed by atoms with van der Waals surface area (Å²) < 4.78 is 6.02. The number of aliphatic hydroxyl groups excluding tert-OH is 1. The summed E-state index contributed by atoms with van der Waals surface area (Å²) in [5, 5.41) is 11.9. The Bertz CT molecular complexity index is 895. The normalized spacial score (nSPS) is 17.9. The summed E-state index contributed by atoms with van der Waals surface area (Å²) in [5.41, 5.74) is 2.13. The van der Waals surface area contributed by atoms with Gasteiger partial charge < -0.3 is 9.84 Å². The molecular weight excluding hydrogens is 370 g/mol. The molecule has 0 fully saturated rings. The van der Waals surface area contributed by atoms with E-state index >= 15 is 0 Å². The average Bonchev–Trinajstić information content (AvgIpc) is 3.28. The SMILES string of the molecule is CC(C)(C)[C@H]1COC([C@@H](O)C(c2ccccc2)(c2ccccc2)c2ccccc2)=N1. The van der Waals surface area contributed by atoms with Crippen molar-refractivity contribution in [3.63, 3.8) is 0 Å². The van der Waals surface area contributed by atoms with Crippen molar-refractivity contribution in [2.45, 2.75) is 38.3 Å². The van der Waals surface area contributed by atoms with E-state index < -0.39 is 11.5 Å². The molecule has 0 aromatic heterocycles. The second kappa shape index (κ2) is 8.08. The predicted octanol–water partition coefficient (Wildman–Crippen LogP) is 5.23. The van der Waals surface area contributed by atoms with Crippen LogP contribution in [0.5, 0.6) is 0 Å². The third kappa shape index (κ3) is 3.54. The van der Waals surface area contributed by atoms with Crippen LogP contribution >= 0.6 is 0 Å². The van der Waals surface area contributed by atoms with Crippen molar-refractivity contribution in [3.8, 4) is 0 Å². The molecule has 1 aliphatic rings. The number of aliphatic imine (C=N–C) groups is 1. The number of hydrogen-bond acceptors (Lipinski definition) is 3. The lowest BCUT2D eigenvalue weighted by Gasteiger charge is -2.39. The predicted molar refractivity (Wildman–Crippen MR) is 122 cm³/mol. The topological polar surface area (TPSA) is 41.8 Å². The third-order valence-corrected chi connectivity index (χ3v) is 6.00. The Balaban J connectivity index is 1.96. The summed E-state index contributed by atoms with van der Waals surface area (Å²) >= 11 is 0. The second-order valence-electron chi connectivity index (χ2n) is 8.97. The van der Waals surface area contributed by atoms with Crippen molar-refractivity contribution in [2.75, 3.05) is 6.61 Å². The lowest BCUT2D eigenvalue weighted by molar-refractivity contribution is 0.148. The second-order valence-corrected chi connectivity index (χ2v) is 8.97. The van der Waals surface area contributed by atoms with Crippen molar-refractivity contribution in [3.05, 3.63) is 108 Å². The monoisotopic (exact) mass is 399 g/mol. The molecule has 1 N–H and O–H groups in total. The molecule has 0 saturated heterocycles. The number of aliphatic hydroxyl groups is 1. The van der Waals surface area contributed by atoms with Gasteiger partial charge in [-0.05, 0) is 22.1 Å². The van der Waals surface area contributed by atoms with Crippen LogP contribution in [-0.2, 0) is 10.2 Å². The summed E-state index contributed by atoms with van der Waals surface area (Å²) in [7, 11) is 0. The van der Waals surface area contributed by atoms with Gasteiger partial charge in [0.2, 0.25) is 5.90 Å². The molecule has 0 saturated carbocycles. The van der Waals surface area contributed by atoms with Crippen LogP contribution in [0.15, 0.2) is 96.0 Å². The third-order valence-electron chi connectivity index (χ3n) is 6.00. The van der Waals surface area contributed by atoms with Crippen LogP contribution in [0.3, 0.4) is 0 Å². The van der Waals surface area contributed by atoms with Crippen LogP contribution in [-0.4, -0.2) is 29.8 Å². The zero-order valence-electron chi connectivity index (χ0n) is 17.8. The van der Waals surface area contributed by atoms with Crippen molar-refractivity contribution < 1.29 is 9.84 Å². The molecule has 0 amide bonds. The van der Waals surface area contributed by atoms with Crippen molar-refractivity contribution in [2.24, 2.45) is 10.4 Å². The van der Waals surface area contributed by atoms with Gasteiger partial charge in [-0.1, -0.05) is 112 Å². The van der Waals surface area contributed by atoms with Gasteiger partial charge in [0.05, 0.1) is 11.5 Å². The van der Waals surface area contributed by atoms with E-state index in [-0.39, 0.29) is 11.5 Å². The van der Waals surface area contributed by atoms with Crippen LogP contribution in [0.25, 0.3) is 0 Å². The van der Waals surface area contributed by atoms with Gasteiger partial charge in [0.15, 0.2) is 0 Å².